The Balaban J connectivity index is 2.65. The monoisotopic (exact) mass is 220 g/mol. The number of rotatable bonds is 1. The molecule has 2 atom stereocenters. The smallest absolute Gasteiger partial charge is 0.296 e. The van der Waals surface area contributed by atoms with Crippen molar-refractivity contribution >= 4 is 0 Å². The van der Waals surface area contributed by atoms with Crippen LogP contribution in [0, 0.1) is 0 Å². The van der Waals surface area contributed by atoms with Crippen molar-refractivity contribution < 1.29 is 0 Å². The lowest BCUT2D eigenvalue weighted by atomic mass is 9.96. The number of aromatic nitrogens is 2. The van der Waals surface area contributed by atoms with Gasteiger partial charge in [-0.3, -0.25) is 4.57 Å². The molecule has 88 valence electrons. The van der Waals surface area contributed by atoms with Crippen LogP contribution in [0.5, 0.6) is 0 Å². The molecule has 1 aliphatic rings. The van der Waals surface area contributed by atoms with Crippen molar-refractivity contribution in [2.24, 2.45) is 0 Å². The van der Waals surface area contributed by atoms with Crippen LogP contribution in [0.25, 0.3) is 0 Å². The Morgan fingerprint density at radius 1 is 1.38 bits per heavy atom. The van der Waals surface area contributed by atoms with E-state index in [9.17, 15) is 4.79 Å². The fourth-order valence-electron chi connectivity index (χ4n) is 2.78. The lowest BCUT2D eigenvalue weighted by Crippen LogP contribution is -2.27. The van der Waals surface area contributed by atoms with Gasteiger partial charge in [-0.25, -0.2) is 9.78 Å². The predicted molar refractivity (Wildman–Crippen MR) is 64.9 cm³/mol. The first-order valence-corrected chi connectivity index (χ1v) is 6.24. The Hall–Kier alpha value is -1.12. The standard InChI is InChI=1S/C13H20N2O/c1-4-15-12-10(3)7-5-6-9(2)11(12)8-14-13(15)16/h8-10H,4-7H2,1-3H3. The first kappa shape index (κ1) is 11.4. The maximum absolute atomic E-state index is 11.7. The fraction of sp³-hybridized carbons (Fsp3) is 0.692. The van der Waals surface area contributed by atoms with Crippen LogP contribution in [-0.4, -0.2) is 9.55 Å². The van der Waals surface area contributed by atoms with Crippen molar-refractivity contribution in [2.75, 3.05) is 0 Å². The van der Waals surface area contributed by atoms with Crippen molar-refractivity contribution in [3.05, 3.63) is 27.9 Å². The lowest BCUT2D eigenvalue weighted by molar-refractivity contribution is 0.566. The highest BCUT2D eigenvalue weighted by molar-refractivity contribution is 5.26. The number of nitrogens with zero attached hydrogens (tertiary/aromatic N) is 2. The van der Waals surface area contributed by atoms with Crippen molar-refractivity contribution in [1.29, 1.82) is 0 Å². The van der Waals surface area contributed by atoms with Crippen LogP contribution in [0.4, 0.5) is 0 Å². The van der Waals surface area contributed by atoms with Gasteiger partial charge in [-0.2, -0.15) is 0 Å². The first-order chi connectivity index (χ1) is 7.65. The molecule has 2 rings (SSSR count). The molecule has 0 aliphatic heterocycles. The average molecular weight is 220 g/mol. The summed E-state index contributed by atoms with van der Waals surface area (Å²) < 4.78 is 1.85. The molecule has 2 unspecified atom stereocenters. The molecule has 1 aromatic heterocycles. The first-order valence-electron chi connectivity index (χ1n) is 6.24. The van der Waals surface area contributed by atoms with Gasteiger partial charge in [0.2, 0.25) is 0 Å². The summed E-state index contributed by atoms with van der Waals surface area (Å²) in [6.07, 6.45) is 5.44. The van der Waals surface area contributed by atoms with Gasteiger partial charge in [-0.15, -0.1) is 0 Å². The second kappa shape index (κ2) is 4.40. The molecule has 16 heavy (non-hydrogen) atoms. The molecule has 1 heterocycles. The van der Waals surface area contributed by atoms with E-state index in [0.29, 0.717) is 11.8 Å². The van der Waals surface area contributed by atoms with Crippen LogP contribution in [0.2, 0.25) is 0 Å². The molecule has 1 aliphatic carbocycles. The largest absolute Gasteiger partial charge is 0.347 e. The zero-order valence-corrected chi connectivity index (χ0v) is 10.4. The highest BCUT2D eigenvalue weighted by Crippen LogP contribution is 2.35. The van der Waals surface area contributed by atoms with Crippen LogP contribution in [0.15, 0.2) is 11.0 Å². The van der Waals surface area contributed by atoms with E-state index >= 15 is 0 Å². The zero-order chi connectivity index (χ0) is 11.7. The molecule has 0 spiro atoms. The summed E-state index contributed by atoms with van der Waals surface area (Å²) in [5.41, 5.74) is 2.42. The molecule has 1 aromatic rings. The molecule has 3 nitrogen and oxygen atoms in total. The highest BCUT2D eigenvalue weighted by Gasteiger charge is 2.23. The Kier molecular flexibility index (Phi) is 3.13. The van der Waals surface area contributed by atoms with Crippen LogP contribution < -0.4 is 5.69 Å². The van der Waals surface area contributed by atoms with Gasteiger partial charge in [0.15, 0.2) is 0 Å². The van der Waals surface area contributed by atoms with Crippen LogP contribution in [0.3, 0.4) is 0 Å². The zero-order valence-electron chi connectivity index (χ0n) is 10.4. The summed E-state index contributed by atoms with van der Waals surface area (Å²) in [4.78, 5) is 15.7. The second-order valence-corrected chi connectivity index (χ2v) is 4.86. The lowest BCUT2D eigenvalue weighted by Gasteiger charge is -2.19. The molecule has 0 fully saturated rings. The van der Waals surface area contributed by atoms with E-state index < -0.39 is 0 Å². The SMILES string of the molecule is CCn1c2c(cnc1=O)C(C)CCCC2C. The Morgan fingerprint density at radius 3 is 2.75 bits per heavy atom. The van der Waals surface area contributed by atoms with Crippen LogP contribution in [0.1, 0.15) is 63.1 Å². The van der Waals surface area contributed by atoms with Crippen molar-refractivity contribution in [3.8, 4) is 0 Å². The van der Waals surface area contributed by atoms with Gasteiger partial charge in [-0.05, 0) is 37.2 Å². The number of hydrogen-bond acceptors (Lipinski definition) is 2. The molecular formula is C13H20N2O. The minimum absolute atomic E-state index is 0.0952. The van der Waals surface area contributed by atoms with Gasteiger partial charge in [-0.1, -0.05) is 20.3 Å². The molecule has 0 amide bonds. The van der Waals surface area contributed by atoms with Crippen molar-refractivity contribution in [3.63, 3.8) is 0 Å². The van der Waals surface area contributed by atoms with E-state index in [2.05, 4.69) is 18.8 Å². The van der Waals surface area contributed by atoms with Crippen LogP contribution >= 0.6 is 0 Å². The summed E-state index contributed by atoms with van der Waals surface area (Å²) in [7, 11) is 0. The van der Waals surface area contributed by atoms with E-state index in [1.807, 2.05) is 11.5 Å². The summed E-state index contributed by atoms with van der Waals surface area (Å²) in [5, 5.41) is 0. The van der Waals surface area contributed by atoms with Gasteiger partial charge >= 0.3 is 5.69 Å². The van der Waals surface area contributed by atoms with E-state index in [0.717, 1.165) is 6.54 Å². The minimum atomic E-state index is -0.0952. The van der Waals surface area contributed by atoms with Crippen LogP contribution in [-0.2, 0) is 6.54 Å². The molecule has 0 saturated heterocycles. The third-order valence-corrected chi connectivity index (χ3v) is 3.72. The van der Waals surface area contributed by atoms with Gasteiger partial charge in [0.25, 0.3) is 0 Å². The highest BCUT2D eigenvalue weighted by atomic mass is 16.1. The molecule has 0 N–H and O–H groups in total. The Labute approximate surface area is 96.5 Å². The maximum Gasteiger partial charge on any atom is 0.347 e. The van der Waals surface area contributed by atoms with Gasteiger partial charge in [0.05, 0.1) is 0 Å². The normalized spacial score (nSPS) is 24.9. The molecular weight excluding hydrogens is 200 g/mol. The molecule has 3 heteroatoms. The fourth-order valence-corrected chi connectivity index (χ4v) is 2.78. The second-order valence-electron chi connectivity index (χ2n) is 4.86. The molecule has 0 aromatic carbocycles. The topological polar surface area (TPSA) is 34.9 Å². The summed E-state index contributed by atoms with van der Waals surface area (Å²) in [5.74, 6) is 1.02. The van der Waals surface area contributed by atoms with E-state index in [-0.39, 0.29) is 5.69 Å². The van der Waals surface area contributed by atoms with E-state index in [4.69, 9.17) is 0 Å². The summed E-state index contributed by atoms with van der Waals surface area (Å²) in [6, 6.07) is 0. The Bertz CT molecular complexity index is 436. The van der Waals surface area contributed by atoms with Crippen molar-refractivity contribution in [1.82, 2.24) is 9.55 Å². The minimum Gasteiger partial charge on any atom is -0.296 e. The third kappa shape index (κ3) is 1.79. The number of hydrogen-bond donors (Lipinski definition) is 0. The van der Waals surface area contributed by atoms with Gasteiger partial charge in [0.1, 0.15) is 0 Å². The summed E-state index contributed by atoms with van der Waals surface area (Å²) in [6.45, 7) is 7.21. The third-order valence-electron chi connectivity index (χ3n) is 3.72. The number of fused-ring (bicyclic) bond motifs is 1. The Morgan fingerprint density at radius 2 is 2.06 bits per heavy atom. The predicted octanol–water partition coefficient (Wildman–Crippen LogP) is 2.65. The van der Waals surface area contributed by atoms with Crippen molar-refractivity contribution in [2.45, 2.75) is 58.4 Å². The maximum atomic E-state index is 11.7. The van der Waals surface area contributed by atoms with E-state index in [1.54, 1.807) is 6.20 Å². The summed E-state index contributed by atoms with van der Waals surface area (Å²) >= 11 is 0. The molecule has 0 saturated carbocycles. The van der Waals surface area contributed by atoms with E-state index in [1.165, 1.54) is 30.5 Å². The quantitative estimate of drug-likeness (QED) is 0.682. The van der Waals surface area contributed by atoms with Gasteiger partial charge in [0, 0.05) is 18.4 Å². The molecule has 0 radical (unpaired) electrons. The van der Waals surface area contributed by atoms with Gasteiger partial charge < -0.3 is 0 Å². The average Bonchev–Trinajstić information content (AvgIpc) is 2.40. The molecule has 0 bridgehead atoms.